The summed E-state index contributed by atoms with van der Waals surface area (Å²) in [5.41, 5.74) is -3.06. The van der Waals surface area contributed by atoms with Crippen LogP contribution in [0.25, 0.3) is 17.2 Å². The smallest absolute Gasteiger partial charge is 0.416 e. The Morgan fingerprint density at radius 1 is 1.07 bits per heavy atom. The van der Waals surface area contributed by atoms with Crippen LogP contribution in [0.2, 0.25) is 0 Å². The molecular weight excluding hydrogens is 618 g/mol. The minimum atomic E-state index is -4.99. The fourth-order valence-corrected chi connectivity index (χ4v) is 5.89. The number of carboxylic acids is 1. The van der Waals surface area contributed by atoms with E-state index >= 15 is 0 Å². The Hall–Kier alpha value is -3.70. The topological polar surface area (TPSA) is 105 Å². The van der Waals surface area contributed by atoms with Gasteiger partial charge in [0.25, 0.3) is 5.91 Å². The summed E-state index contributed by atoms with van der Waals surface area (Å²) in [6.45, 7) is -0.105. The van der Waals surface area contributed by atoms with Crippen molar-refractivity contribution >= 4 is 69.3 Å². The van der Waals surface area contributed by atoms with E-state index in [4.69, 9.17) is 17.3 Å². The molecule has 8 nitrogen and oxygen atoms in total. The quantitative estimate of drug-likeness (QED) is 0.184. The lowest BCUT2D eigenvalue weighted by Crippen LogP contribution is -2.31. The summed E-state index contributed by atoms with van der Waals surface area (Å²) in [6, 6.07) is 2.66. The zero-order valence-electron chi connectivity index (χ0n) is 20.5. The molecule has 1 aromatic carbocycles. The van der Waals surface area contributed by atoms with Crippen molar-refractivity contribution in [2.24, 2.45) is 7.05 Å². The third kappa shape index (κ3) is 6.97. The van der Waals surface area contributed by atoms with Gasteiger partial charge in [0.05, 0.1) is 16.0 Å². The van der Waals surface area contributed by atoms with E-state index < -0.39 is 41.3 Å². The first-order chi connectivity index (χ1) is 19.0. The predicted molar refractivity (Wildman–Crippen MR) is 143 cm³/mol. The molecule has 1 fully saturated rings. The number of thioether (sulfide) groups is 1. The van der Waals surface area contributed by atoms with Gasteiger partial charge in [-0.25, -0.2) is 9.78 Å². The van der Waals surface area contributed by atoms with Gasteiger partial charge in [-0.1, -0.05) is 24.0 Å². The number of hydrogen-bond donors (Lipinski definition) is 2. The minimum Gasteiger partial charge on any atom is -0.475 e. The number of aryl methyl sites for hydroxylation is 1. The first kappa shape index (κ1) is 30.3. The Bertz CT molecular complexity index is 1560. The number of hydrogen-bond acceptors (Lipinski definition) is 7. The van der Waals surface area contributed by atoms with Crippen LogP contribution >= 0.6 is 35.3 Å². The maximum absolute atomic E-state index is 13.2. The number of nitrogens with one attached hydrogen (secondary N) is 1. The van der Waals surface area contributed by atoms with Crippen LogP contribution in [0.1, 0.15) is 33.0 Å². The van der Waals surface area contributed by atoms with Gasteiger partial charge in [-0.3, -0.25) is 14.5 Å². The number of nitrogens with zero attached hydrogens (tertiary/aromatic N) is 3. The number of carbonyl (C=O) groups is 3. The van der Waals surface area contributed by atoms with Crippen molar-refractivity contribution in [3.8, 4) is 11.1 Å². The van der Waals surface area contributed by atoms with Crippen LogP contribution in [0.3, 0.4) is 0 Å². The molecular formula is C24H16F6N4O4S3. The number of halogens is 6. The maximum Gasteiger partial charge on any atom is 0.416 e. The van der Waals surface area contributed by atoms with E-state index in [9.17, 15) is 40.7 Å². The molecule has 3 heterocycles. The number of carboxylic acid groups (broad SMARTS) is 1. The second-order valence-corrected chi connectivity index (χ2v) is 11.1. The second kappa shape index (κ2) is 11.3. The van der Waals surface area contributed by atoms with Crippen LogP contribution in [0.15, 0.2) is 40.7 Å². The predicted octanol–water partition coefficient (Wildman–Crippen LogP) is 6.11. The molecule has 2 aromatic heterocycles. The molecule has 0 unspecified atom stereocenters. The highest BCUT2D eigenvalue weighted by atomic mass is 32.2. The average molecular weight is 635 g/mol. The number of anilines is 1. The molecule has 0 atom stereocenters. The van der Waals surface area contributed by atoms with Gasteiger partial charge in [0.15, 0.2) is 5.82 Å². The number of amides is 2. The average Bonchev–Trinajstić information content (AvgIpc) is 3.54. The molecule has 17 heteroatoms. The number of benzene rings is 1. The molecule has 0 bridgehead atoms. The SMILES string of the molecule is Cn1cc(NC(=O)CCN2C(=O)/C(=C/c3cc(-c4cc(C(F)(F)F)cc(C(F)(F)F)c4)cs3)SC2=S)nc1C(=O)O. The minimum absolute atomic E-state index is 0.0109. The molecule has 0 aliphatic carbocycles. The monoisotopic (exact) mass is 634 g/mol. The molecule has 2 amide bonds. The van der Waals surface area contributed by atoms with E-state index in [2.05, 4.69) is 10.3 Å². The van der Waals surface area contributed by atoms with Gasteiger partial charge >= 0.3 is 18.3 Å². The molecule has 2 N–H and O–H groups in total. The van der Waals surface area contributed by atoms with Crippen LogP contribution < -0.4 is 5.32 Å². The van der Waals surface area contributed by atoms with E-state index in [1.807, 2.05) is 0 Å². The van der Waals surface area contributed by atoms with Gasteiger partial charge in [-0.2, -0.15) is 26.3 Å². The lowest BCUT2D eigenvalue weighted by molar-refractivity contribution is -0.143. The third-order valence-corrected chi connectivity index (χ3v) is 7.84. The normalized spacial score (nSPS) is 15.2. The highest BCUT2D eigenvalue weighted by molar-refractivity contribution is 8.26. The van der Waals surface area contributed by atoms with Gasteiger partial charge < -0.3 is 15.0 Å². The Labute approximate surface area is 240 Å². The number of imidazole rings is 1. The van der Waals surface area contributed by atoms with E-state index in [1.54, 1.807) is 0 Å². The second-order valence-electron chi connectivity index (χ2n) is 8.53. The lowest BCUT2D eigenvalue weighted by Gasteiger charge is -2.13. The molecule has 3 aromatic rings. The fraction of sp³-hybridized carbons (Fsp3) is 0.208. The van der Waals surface area contributed by atoms with Gasteiger partial charge in [0.2, 0.25) is 11.7 Å². The zero-order valence-corrected chi connectivity index (χ0v) is 22.9. The van der Waals surface area contributed by atoms with E-state index in [0.717, 1.165) is 23.1 Å². The van der Waals surface area contributed by atoms with Crippen molar-refractivity contribution in [3.05, 3.63) is 62.6 Å². The van der Waals surface area contributed by atoms with Gasteiger partial charge in [-0.15, -0.1) is 11.3 Å². The fourth-order valence-electron chi connectivity index (χ4n) is 3.67. The molecule has 41 heavy (non-hydrogen) atoms. The van der Waals surface area contributed by atoms with Gasteiger partial charge in [-0.05, 0) is 46.8 Å². The third-order valence-electron chi connectivity index (χ3n) is 5.59. The number of aromatic carboxylic acids is 1. The number of alkyl halides is 6. The number of rotatable bonds is 7. The Kier molecular flexibility index (Phi) is 8.33. The molecule has 0 saturated carbocycles. The molecule has 0 spiro atoms. The van der Waals surface area contributed by atoms with Crippen molar-refractivity contribution in [3.63, 3.8) is 0 Å². The summed E-state index contributed by atoms with van der Waals surface area (Å²) >= 11 is 7.16. The first-order valence-corrected chi connectivity index (χ1v) is 13.3. The van der Waals surface area contributed by atoms with Crippen LogP contribution in [-0.2, 0) is 29.0 Å². The van der Waals surface area contributed by atoms with Crippen LogP contribution in [0.4, 0.5) is 32.2 Å². The summed E-state index contributed by atoms with van der Waals surface area (Å²) in [6.07, 6.45) is -7.45. The molecule has 1 aliphatic rings. The summed E-state index contributed by atoms with van der Waals surface area (Å²) in [4.78, 5) is 41.8. The van der Waals surface area contributed by atoms with Crippen LogP contribution in [0.5, 0.6) is 0 Å². The van der Waals surface area contributed by atoms with Crippen molar-refractivity contribution in [1.29, 1.82) is 0 Å². The summed E-state index contributed by atoms with van der Waals surface area (Å²) in [5.74, 6) is -2.65. The van der Waals surface area contributed by atoms with Gasteiger partial charge in [0.1, 0.15) is 4.32 Å². The highest BCUT2D eigenvalue weighted by Gasteiger charge is 2.37. The Morgan fingerprint density at radius 2 is 1.71 bits per heavy atom. The van der Waals surface area contributed by atoms with Gasteiger partial charge in [0, 0.05) is 31.1 Å². The van der Waals surface area contributed by atoms with E-state index in [0.29, 0.717) is 17.0 Å². The maximum atomic E-state index is 13.2. The zero-order chi connectivity index (χ0) is 30.3. The largest absolute Gasteiger partial charge is 0.475 e. The number of carbonyl (C=O) groups excluding carboxylic acids is 2. The number of thiophene rings is 1. The lowest BCUT2D eigenvalue weighted by atomic mass is 10.0. The molecule has 0 radical (unpaired) electrons. The molecule has 216 valence electrons. The Morgan fingerprint density at radius 3 is 2.27 bits per heavy atom. The Balaban J connectivity index is 1.46. The molecule has 4 rings (SSSR count). The number of aromatic nitrogens is 2. The van der Waals surface area contributed by atoms with Crippen molar-refractivity contribution < 1.29 is 45.8 Å². The summed E-state index contributed by atoms with van der Waals surface area (Å²) in [5, 5.41) is 12.9. The molecule has 1 saturated heterocycles. The van der Waals surface area contributed by atoms with Crippen molar-refractivity contribution in [1.82, 2.24) is 14.5 Å². The standard InChI is InChI=1S/C24H16F6N4O4S3/c1-33-9-17(32-19(33)21(37)38)31-18(35)2-3-34-20(36)16(41-22(34)39)8-15-6-12(10-40-15)11-4-13(23(25,26)27)7-14(5-11)24(28,29)30/h4-10H,2-3H2,1H3,(H,31,35)(H,37,38)/b16-8-. The highest BCUT2D eigenvalue weighted by Crippen LogP contribution is 2.40. The van der Waals surface area contributed by atoms with Crippen LogP contribution in [-0.4, -0.2) is 48.2 Å². The first-order valence-electron chi connectivity index (χ1n) is 11.2. The van der Waals surface area contributed by atoms with E-state index in [1.165, 1.54) is 40.2 Å². The van der Waals surface area contributed by atoms with Crippen LogP contribution in [0, 0.1) is 0 Å². The van der Waals surface area contributed by atoms with E-state index in [-0.39, 0.29) is 51.0 Å². The van der Waals surface area contributed by atoms with Crippen molar-refractivity contribution in [2.45, 2.75) is 18.8 Å². The number of thiocarbonyl (C=S) groups is 1. The summed E-state index contributed by atoms with van der Waals surface area (Å²) < 4.78 is 80.7. The van der Waals surface area contributed by atoms with Crippen molar-refractivity contribution in [2.75, 3.05) is 11.9 Å². The summed E-state index contributed by atoms with van der Waals surface area (Å²) in [7, 11) is 1.44. The molecule has 1 aliphatic heterocycles.